The average Bonchev–Trinajstić information content (AvgIpc) is 2.70. The van der Waals surface area contributed by atoms with Crippen LogP contribution < -0.4 is 26.6 Å². The normalized spacial score (nSPS) is 32.8. The monoisotopic (exact) mass is 382 g/mol. The molecule has 4 unspecified atom stereocenters. The van der Waals surface area contributed by atoms with Crippen LogP contribution in [0.3, 0.4) is 0 Å². The van der Waals surface area contributed by atoms with E-state index in [1.807, 2.05) is 0 Å². The summed E-state index contributed by atoms with van der Waals surface area (Å²) < 4.78 is 5.42. The zero-order valence-corrected chi connectivity index (χ0v) is 16.8. The zero-order valence-electron chi connectivity index (χ0n) is 16.8. The molecule has 0 saturated carbocycles. The first-order valence-electron chi connectivity index (χ1n) is 10.8. The Kier molecular flexibility index (Phi) is 8.60. The highest BCUT2D eigenvalue weighted by Gasteiger charge is 2.27. The number of carbonyl (C=O) groups excluding carboxylic acids is 1. The summed E-state index contributed by atoms with van der Waals surface area (Å²) in [6.45, 7) is 9.51. The Morgan fingerprint density at radius 1 is 1.07 bits per heavy atom. The van der Waals surface area contributed by atoms with E-state index in [2.05, 4.69) is 38.4 Å². The standard InChI is InChI=1S/C19H38N6O2/c1-15-3-5-17(22-13-15)20-7-2-8-21-19(26)24-16-4-6-18(23-14-16)25-9-11-27-12-10-25/h15-18,20,22-23H,2-14H2,1H3,(H2,21,24,26). The highest BCUT2D eigenvalue weighted by atomic mass is 16.5. The fraction of sp³-hybridized carbons (Fsp3) is 0.947. The molecule has 5 N–H and O–H groups in total. The van der Waals surface area contributed by atoms with E-state index in [0.29, 0.717) is 18.9 Å². The van der Waals surface area contributed by atoms with E-state index in [0.717, 1.165) is 71.1 Å². The SMILES string of the molecule is CC1CCC(NCCCNC(=O)NC2CCC(N3CCOCC3)NC2)NC1. The maximum absolute atomic E-state index is 12.1. The van der Waals surface area contributed by atoms with Crippen LogP contribution >= 0.6 is 0 Å². The quantitative estimate of drug-likeness (QED) is 0.399. The molecule has 3 saturated heterocycles. The summed E-state index contributed by atoms with van der Waals surface area (Å²) in [5.41, 5.74) is 0. The predicted octanol–water partition coefficient (Wildman–Crippen LogP) is 0.0212. The second-order valence-electron chi connectivity index (χ2n) is 8.20. The van der Waals surface area contributed by atoms with E-state index in [1.54, 1.807) is 0 Å². The van der Waals surface area contributed by atoms with Crippen LogP contribution in [0.15, 0.2) is 0 Å². The van der Waals surface area contributed by atoms with Gasteiger partial charge in [0.1, 0.15) is 0 Å². The maximum Gasteiger partial charge on any atom is 0.315 e. The number of nitrogens with one attached hydrogen (secondary N) is 5. The number of amides is 2. The summed E-state index contributed by atoms with van der Waals surface area (Å²) in [7, 11) is 0. The molecule has 3 heterocycles. The number of piperidine rings is 2. The van der Waals surface area contributed by atoms with Crippen LogP contribution in [-0.4, -0.2) is 81.8 Å². The Morgan fingerprint density at radius 3 is 2.63 bits per heavy atom. The molecule has 0 spiro atoms. The third kappa shape index (κ3) is 7.19. The lowest BCUT2D eigenvalue weighted by molar-refractivity contribution is 0.000698. The van der Waals surface area contributed by atoms with Gasteiger partial charge in [0.25, 0.3) is 0 Å². The number of urea groups is 1. The Labute approximate surface area is 163 Å². The van der Waals surface area contributed by atoms with Crippen molar-refractivity contribution in [3.63, 3.8) is 0 Å². The van der Waals surface area contributed by atoms with E-state index in [-0.39, 0.29) is 12.1 Å². The molecule has 3 rings (SSSR count). The van der Waals surface area contributed by atoms with Crippen LogP contribution in [0.1, 0.15) is 39.0 Å². The Balaban J connectivity index is 1.20. The van der Waals surface area contributed by atoms with Gasteiger partial charge in [0.15, 0.2) is 0 Å². The van der Waals surface area contributed by atoms with Crippen LogP contribution in [0.25, 0.3) is 0 Å². The van der Waals surface area contributed by atoms with Crippen molar-refractivity contribution in [2.75, 3.05) is 52.5 Å². The van der Waals surface area contributed by atoms with Crippen molar-refractivity contribution in [2.45, 2.75) is 57.4 Å². The summed E-state index contributed by atoms with van der Waals surface area (Å²) in [5, 5.41) is 16.7. The average molecular weight is 383 g/mol. The summed E-state index contributed by atoms with van der Waals surface area (Å²) in [5.74, 6) is 0.784. The number of ether oxygens (including phenoxy) is 1. The zero-order chi connectivity index (χ0) is 18.9. The largest absolute Gasteiger partial charge is 0.379 e. The third-order valence-corrected chi connectivity index (χ3v) is 5.90. The molecule has 2 amide bonds. The Hall–Kier alpha value is -0.930. The van der Waals surface area contributed by atoms with E-state index < -0.39 is 0 Å². The predicted molar refractivity (Wildman–Crippen MR) is 107 cm³/mol. The van der Waals surface area contributed by atoms with Crippen molar-refractivity contribution >= 4 is 6.03 Å². The number of nitrogens with zero attached hydrogens (tertiary/aromatic N) is 1. The van der Waals surface area contributed by atoms with Gasteiger partial charge in [-0.2, -0.15) is 0 Å². The second-order valence-corrected chi connectivity index (χ2v) is 8.20. The van der Waals surface area contributed by atoms with Crippen LogP contribution in [0.5, 0.6) is 0 Å². The number of carbonyl (C=O) groups is 1. The lowest BCUT2D eigenvalue weighted by Gasteiger charge is -2.39. The van der Waals surface area contributed by atoms with Crippen LogP contribution in [0, 0.1) is 5.92 Å². The van der Waals surface area contributed by atoms with Gasteiger partial charge in [-0.1, -0.05) is 6.92 Å². The van der Waals surface area contributed by atoms with Crippen molar-refractivity contribution in [3.8, 4) is 0 Å². The lowest BCUT2D eigenvalue weighted by atomic mass is 10.00. The molecule has 4 atom stereocenters. The number of rotatable bonds is 7. The van der Waals surface area contributed by atoms with Gasteiger partial charge in [-0.05, 0) is 51.1 Å². The summed E-state index contributed by atoms with van der Waals surface area (Å²) in [4.78, 5) is 14.5. The van der Waals surface area contributed by atoms with Crippen molar-refractivity contribution in [2.24, 2.45) is 5.92 Å². The third-order valence-electron chi connectivity index (χ3n) is 5.90. The minimum Gasteiger partial charge on any atom is -0.379 e. The van der Waals surface area contributed by atoms with E-state index in [4.69, 9.17) is 4.74 Å². The van der Waals surface area contributed by atoms with Crippen molar-refractivity contribution < 1.29 is 9.53 Å². The molecular formula is C19H38N6O2. The topological polar surface area (TPSA) is 89.7 Å². The Morgan fingerprint density at radius 2 is 1.93 bits per heavy atom. The van der Waals surface area contributed by atoms with Crippen molar-refractivity contribution in [1.82, 2.24) is 31.5 Å². The first kappa shape index (κ1) is 20.8. The van der Waals surface area contributed by atoms with Crippen LogP contribution in [-0.2, 0) is 4.74 Å². The van der Waals surface area contributed by atoms with Gasteiger partial charge in [-0.3, -0.25) is 10.2 Å². The van der Waals surface area contributed by atoms with E-state index in [9.17, 15) is 4.79 Å². The molecule has 27 heavy (non-hydrogen) atoms. The van der Waals surface area contributed by atoms with Crippen molar-refractivity contribution in [1.29, 1.82) is 0 Å². The molecule has 0 bridgehead atoms. The number of morpholine rings is 1. The van der Waals surface area contributed by atoms with Crippen LogP contribution in [0.4, 0.5) is 4.79 Å². The van der Waals surface area contributed by atoms with Gasteiger partial charge in [-0.25, -0.2) is 4.79 Å². The number of hydrogen-bond acceptors (Lipinski definition) is 6. The van der Waals surface area contributed by atoms with Gasteiger partial charge in [-0.15, -0.1) is 0 Å². The number of hydrogen-bond donors (Lipinski definition) is 5. The lowest BCUT2D eigenvalue weighted by Crippen LogP contribution is -2.58. The van der Waals surface area contributed by atoms with Gasteiger partial charge in [0.2, 0.25) is 0 Å². The second kappa shape index (κ2) is 11.2. The van der Waals surface area contributed by atoms with Gasteiger partial charge in [0.05, 0.1) is 25.5 Å². The molecule has 8 nitrogen and oxygen atoms in total. The summed E-state index contributed by atoms with van der Waals surface area (Å²) in [6.07, 6.45) is 6.38. The molecule has 0 aromatic rings. The van der Waals surface area contributed by atoms with Gasteiger partial charge in [0, 0.05) is 32.2 Å². The van der Waals surface area contributed by atoms with E-state index in [1.165, 1.54) is 12.8 Å². The highest BCUT2D eigenvalue weighted by Crippen LogP contribution is 2.14. The Bertz CT molecular complexity index is 430. The highest BCUT2D eigenvalue weighted by molar-refractivity contribution is 5.74. The molecule has 0 aliphatic carbocycles. The molecule has 156 valence electrons. The maximum atomic E-state index is 12.1. The first-order chi connectivity index (χ1) is 13.2. The van der Waals surface area contributed by atoms with Crippen molar-refractivity contribution in [3.05, 3.63) is 0 Å². The summed E-state index contributed by atoms with van der Waals surface area (Å²) in [6, 6.07) is 0.171. The van der Waals surface area contributed by atoms with Gasteiger partial charge >= 0.3 is 6.03 Å². The molecule has 3 aliphatic heterocycles. The molecule has 8 heteroatoms. The minimum atomic E-state index is -0.0451. The van der Waals surface area contributed by atoms with Gasteiger partial charge < -0.3 is 26.0 Å². The van der Waals surface area contributed by atoms with Crippen LogP contribution in [0.2, 0.25) is 0 Å². The first-order valence-corrected chi connectivity index (χ1v) is 10.8. The molecule has 0 aromatic carbocycles. The molecule has 3 fully saturated rings. The summed E-state index contributed by atoms with van der Waals surface area (Å²) >= 11 is 0. The molecule has 0 radical (unpaired) electrons. The minimum absolute atomic E-state index is 0.0451. The molecule has 3 aliphatic rings. The fourth-order valence-electron chi connectivity index (χ4n) is 4.14. The van der Waals surface area contributed by atoms with E-state index >= 15 is 0 Å². The fourth-order valence-corrected chi connectivity index (χ4v) is 4.14. The smallest absolute Gasteiger partial charge is 0.315 e. The molecule has 0 aromatic heterocycles. The molecular weight excluding hydrogens is 344 g/mol.